The van der Waals surface area contributed by atoms with Crippen molar-refractivity contribution in [2.45, 2.75) is 13.5 Å². The molecular weight excluding hydrogens is 467 g/mol. The summed E-state index contributed by atoms with van der Waals surface area (Å²) in [6.07, 6.45) is 5.17. The molecule has 3 N–H and O–H groups in total. The van der Waals surface area contributed by atoms with Gasteiger partial charge in [-0.05, 0) is 18.1 Å². The van der Waals surface area contributed by atoms with Gasteiger partial charge in [-0.2, -0.15) is 0 Å². The number of hydrogen-bond acceptors (Lipinski definition) is 7. The molecule has 0 aliphatic rings. The predicted octanol–water partition coefficient (Wildman–Crippen LogP) is 5.18. The van der Waals surface area contributed by atoms with Crippen molar-refractivity contribution in [2.24, 2.45) is 5.73 Å². The number of benzene rings is 2. The van der Waals surface area contributed by atoms with E-state index in [4.69, 9.17) is 42.2 Å². The maximum absolute atomic E-state index is 8.58. The van der Waals surface area contributed by atoms with Crippen molar-refractivity contribution < 1.29 is 19.0 Å². The molecule has 10 heteroatoms. The number of methoxy groups -OCH3 is 2. The van der Waals surface area contributed by atoms with Crippen LogP contribution in [-0.2, 0) is 11.4 Å². The zero-order valence-electron chi connectivity index (χ0n) is 18.4. The molecule has 1 amide bonds. The monoisotopic (exact) mass is 490 g/mol. The average molecular weight is 491 g/mol. The van der Waals surface area contributed by atoms with E-state index in [1.807, 2.05) is 25.1 Å². The van der Waals surface area contributed by atoms with Crippen LogP contribution in [-0.4, -0.2) is 30.6 Å². The number of primary amides is 1. The molecule has 0 fully saturated rings. The molecule has 0 radical (unpaired) electrons. The summed E-state index contributed by atoms with van der Waals surface area (Å²) in [5, 5.41) is 3.94. The number of nitrogens with two attached hydrogens (primary N) is 1. The molecule has 0 saturated carbocycles. The maximum Gasteiger partial charge on any atom is 0.227 e. The molecule has 0 saturated heterocycles. The van der Waals surface area contributed by atoms with Gasteiger partial charge in [0.1, 0.15) is 18.1 Å². The van der Waals surface area contributed by atoms with E-state index in [0.29, 0.717) is 38.8 Å². The third-order valence-corrected chi connectivity index (χ3v) is 5.27. The first-order chi connectivity index (χ1) is 15.9. The van der Waals surface area contributed by atoms with Crippen molar-refractivity contribution in [3.8, 4) is 17.2 Å². The van der Waals surface area contributed by atoms with E-state index in [1.54, 1.807) is 24.5 Å². The molecule has 8 nitrogen and oxygen atoms in total. The summed E-state index contributed by atoms with van der Waals surface area (Å²) >= 11 is 12.7. The standard InChI is InChI=1S/C22H21Cl2N3O3.CH3NO/c1-5-14-8-6-7-13(2)21(14)27-22-25-10-15(11-26-22)30-12-16-19(23)17(28-3)9-18(29-4)20(16)24;2-1-3/h5-11H,1,12H2,2-4H3,(H,25,26,27);1H,(H2,2,3). The highest BCUT2D eigenvalue weighted by molar-refractivity contribution is 6.37. The molecule has 0 bridgehead atoms. The number of hydrogen-bond donors (Lipinski definition) is 2. The van der Waals surface area contributed by atoms with E-state index in [0.717, 1.165) is 16.8 Å². The van der Waals surface area contributed by atoms with Crippen LogP contribution in [0.5, 0.6) is 17.2 Å². The maximum atomic E-state index is 8.58. The highest BCUT2D eigenvalue weighted by Crippen LogP contribution is 2.40. The summed E-state index contributed by atoms with van der Waals surface area (Å²) in [6, 6.07) is 7.57. The van der Waals surface area contributed by atoms with E-state index in [-0.39, 0.29) is 13.0 Å². The quantitative estimate of drug-likeness (QED) is 0.418. The Morgan fingerprint density at radius 1 is 1.12 bits per heavy atom. The van der Waals surface area contributed by atoms with Crippen molar-refractivity contribution in [1.29, 1.82) is 0 Å². The van der Waals surface area contributed by atoms with E-state index in [2.05, 4.69) is 27.6 Å². The first-order valence-electron chi connectivity index (χ1n) is 9.58. The molecule has 174 valence electrons. The number of nitrogens with one attached hydrogen (secondary N) is 1. The minimum atomic E-state index is 0.0970. The van der Waals surface area contributed by atoms with Crippen molar-refractivity contribution in [3.63, 3.8) is 0 Å². The van der Waals surface area contributed by atoms with Gasteiger partial charge in [-0.3, -0.25) is 4.79 Å². The van der Waals surface area contributed by atoms with Gasteiger partial charge >= 0.3 is 0 Å². The Bertz CT molecular complexity index is 1080. The van der Waals surface area contributed by atoms with E-state index < -0.39 is 0 Å². The van der Waals surface area contributed by atoms with Crippen molar-refractivity contribution in [1.82, 2.24) is 9.97 Å². The summed E-state index contributed by atoms with van der Waals surface area (Å²) in [6.45, 7) is 5.94. The largest absolute Gasteiger partial charge is 0.495 e. The van der Waals surface area contributed by atoms with Crippen LogP contribution in [0.3, 0.4) is 0 Å². The topological polar surface area (TPSA) is 109 Å². The second-order valence-electron chi connectivity index (χ2n) is 6.42. The summed E-state index contributed by atoms with van der Waals surface area (Å²) in [5.41, 5.74) is 7.65. The average Bonchev–Trinajstić information content (AvgIpc) is 2.82. The molecular formula is C23H24Cl2N4O4. The van der Waals surface area contributed by atoms with Crippen LogP contribution in [0.2, 0.25) is 10.0 Å². The molecule has 0 aliphatic carbocycles. The number of para-hydroxylation sites is 1. The highest BCUT2D eigenvalue weighted by Gasteiger charge is 2.18. The van der Waals surface area contributed by atoms with Crippen LogP contribution in [0, 0.1) is 6.92 Å². The minimum Gasteiger partial charge on any atom is -0.495 e. The number of carbonyl (C=O) groups excluding carboxylic acids is 1. The van der Waals surface area contributed by atoms with Crippen molar-refractivity contribution in [2.75, 3.05) is 19.5 Å². The van der Waals surface area contributed by atoms with Gasteiger partial charge in [0.15, 0.2) is 5.75 Å². The Balaban J connectivity index is 0.00000122. The molecule has 33 heavy (non-hydrogen) atoms. The smallest absolute Gasteiger partial charge is 0.227 e. The lowest BCUT2D eigenvalue weighted by Crippen LogP contribution is -2.03. The fourth-order valence-electron chi connectivity index (χ4n) is 2.82. The van der Waals surface area contributed by atoms with Gasteiger partial charge < -0.3 is 25.3 Å². The van der Waals surface area contributed by atoms with Gasteiger partial charge in [-0.15, -0.1) is 0 Å². The zero-order valence-corrected chi connectivity index (χ0v) is 19.9. The SMILES string of the molecule is C=Cc1cccc(C)c1Nc1ncc(OCc2c(Cl)c(OC)cc(OC)c2Cl)cn1.NC=O. The minimum absolute atomic E-state index is 0.0970. The van der Waals surface area contributed by atoms with E-state index in [9.17, 15) is 0 Å². The van der Waals surface area contributed by atoms with Crippen LogP contribution in [0.15, 0.2) is 43.2 Å². The molecule has 3 rings (SSSR count). The lowest BCUT2D eigenvalue weighted by Gasteiger charge is -2.15. The van der Waals surface area contributed by atoms with Gasteiger partial charge in [0.2, 0.25) is 12.4 Å². The third kappa shape index (κ3) is 6.50. The Morgan fingerprint density at radius 2 is 1.70 bits per heavy atom. The van der Waals surface area contributed by atoms with Gasteiger partial charge in [0.25, 0.3) is 0 Å². The second kappa shape index (κ2) is 12.5. The molecule has 0 unspecified atom stereocenters. The van der Waals surface area contributed by atoms with Crippen LogP contribution >= 0.6 is 23.2 Å². The summed E-state index contributed by atoms with van der Waals surface area (Å²) in [7, 11) is 3.04. The molecule has 0 spiro atoms. The molecule has 2 aromatic carbocycles. The number of halogens is 2. The summed E-state index contributed by atoms with van der Waals surface area (Å²) in [4.78, 5) is 17.2. The fourth-order valence-corrected chi connectivity index (χ4v) is 3.43. The zero-order chi connectivity index (χ0) is 24.4. The number of aromatic nitrogens is 2. The summed E-state index contributed by atoms with van der Waals surface area (Å²) < 4.78 is 16.3. The van der Waals surface area contributed by atoms with Crippen LogP contribution < -0.4 is 25.3 Å². The molecule has 0 atom stereocenters. The second-order valence-corrected chi connectivity index (χ2v) is 7.18. The number of ether oxygens (including phenoxy) is 3. The van der Waals surface area contributed by atoms with Gasteiger partial charge in [-0.25, -0.2) is 9.97 Å². The number of rotatable bonds is 8. The molecule has 0 aliphatic heterocycles. The highest BCUT2D eigenvalue weighted by atomic mass is 35.5. The third-order valence-electron chi connectivity index (χ3n) is 4.44. The van der Waals surface area contributed by atoms with Crippen LogP contribution in [0.4, 0.5) is 11.6 Å². The van der Waals surface area contributed by atoms with E-state index in [1.165, 1.54) is 14.2 Å². The van der Waals surface area contributed by atoms with Gasteiger partial charge in [-0.1, -0.05) is 54.1 Å². The Morgan fingerprint density at radius 3 is 2.21 bits per heavy atom. The lowest BCUT2D eigenvalue weighted by atomic mass is 10.1. The number of nitrogens with zero attached hydrogens (tertiary/aromatic N) is 2. The number of amides is 1. The molecule has 1 heterocycles. The summed E-state index contributed by atoms with van der Waals surface area (Å²) in [5.74, 6) is 1.80. The molecule has 1 aromatic heterocycles. The van der Waals surface area contributed by atoms with Crippen LogP contribution in [0.25, 0.3) is 6.08 Å². The van der Waals surface area contributed by atoms with Crippen LogP contribution in [0.1, 0.15) is 16.7 Å². The number of aryl methyl sites for hydroxylation is 1. The van der Waals surface area contributed by atoms with Gasteiger partial charge in [0.05, 0.1) is 42.3 Å². The number of carbonyl (C=O) groups is 1. The number of anilines is 2. The first kappa shape index (κ1) is 25.8. The van der Waals surface area contributed by atoms with Crippen molar-refractivity contribution in [3.05, 3.63) is 70.0 Å². The van der Waals surface area contributed by atoms with Gasteiger partial charge in [0, 0.05) is 11.6 Å². The first-order valence-corrected chi connectivity index (χ1v) is 10.3. The lowest BCUT2D eigenvalue weighted by molar-refractivity contribution is -0.106. The fraction of sp³-hybridized carbons (Fsp3) is 0.174. The Hall–Kier alpha value is -3.49. The Labute approximate surface area is 202 Å². The predicted molar refractivity (Wildman–Crippen MR) is 131 cm³/mol. The normalized spacial score (nSPS) is 9.85. The van der Waals surface area contributed by atoms with E-state index >= 15 is 0 Å². The Kier molecular flexibility index (Phi) is 9.78. The van der Waals surface area contributed by atoms with Crippen molar-refractivity contribution >= 4 is 47.3 Å². The molecule has 3 aromatic rings.